The Morgan fingerprint density at radius 2 is 1.89 bits per heavy atom. The molecule has 1 N–H and O–H groups in total. The second-order valence-electron chi connectivity index (χ2n) is 5.90. The van der Waals surface area contributed by atoms with E-state index in [0.29, 0.717) is 17.4 Å². The van der Waals surface area contributed by atoms with Gasteiger partial charge in [0.2, 0.25) is 11.8 Å². The second kappa shape index (κ2) is 8.73. The number of hydrogen-bond acceptors (Lipinski definition) is 5. The van der Waals surface area contributed by atoms with Crippen molar-refractivity contribution in [2.45, 2.75) is 18.6 Å². The number of methoxy groups -OCH3 is 1. The first-order valence-electron chi connectivity index (χ1n) is 8.66. The number of rotatable bonds is 6. The van der Waals surface area contributed by atoms with E-state index in [1.807, 2.05) is 37.3 Å². The summed E-state index contributed by atoms with van der Waals surface area (Å²) < 4.78 is 5.10. The second-order valence-corrected chi connectivity index (χ2v) is 7.07. The number of nitrogens with zero attached hydrogens (tertiary/aromatic N) is 2. The zero-order valence-electron chi connectivity index (χ0n) is 15.2. The summed E-state index contributed by atoms with van der Waals surface area (Å²) in [5, 5.41) is 2.99. The fourth-order valence-electron chi connectivity index (χ4n) is 2.68. The van der Waals surface area contributed by atoms with Gasteiger partial charge in [-0.1, -0.05) is 30.0 Å². The minimum atomic E-state index is -0.467. The lowest BCUT2D eigenvalue weighted by atomic mass is 10.2. The van der Waals surface area contributed by atoms with Crippen molar-refractivity contribution in [1.29, 1.82) is 0 Å². The smallest absolute Gasteiger partial charge is 0.242 e. The molecule has 6 nitrogen and oxygen atoms in total. The van der Waals surface area contributed by atoms with Crippen LogP contribution >= 0.6 is 11.8 Å². The molecule has 0 spiro atoms. The maximum atomic E-state index is 12.6. The van der Waals surface area contributed by atoms with Crippen molar-refractivity contribution in [2.24, 2.45) is 4.99 Å². The van der Waals surface area contributed by atoms with Gasteiger partial charge < -0.3 is 10.1 Å². The standard InChI is InChI=1S/C20H21N3O3S/c1-3-23-19(25)17(27-20(23)22-14-7-5-4-6-8-14)13-18(24)21-15-9-11-16(26-2)12-10-15/h4-12,17H,3,13H2,1-2H3,(H,21,24)/t17-/m1/s1. The molecule has 2 aromatic rings. The molecule has 0 bridgehead atoms. The van der Waals surface area contributed by atoms with E-state index in [4.69, 9.17) is 4.74 Å². The SMILES string of the molecule is CCN1C(=O)[C@@H](CC(=O)Nc2ccc(OC)cc2)SC1=Nc1ccccc1. The van der Waals surface area contributed by atoms with Crippen LogP contribution in [0.3, 0.4) is 0 Å². The Bertz CT molecular complexity index is 837. The summed E-state index contributed by atoms with van der Waals surface area (Å²) in [5.41, 5.74) is 1.45. The van der Waals surface area contributed by atoms with Crippen LogP contribution in [-0.2, 0) is 9.59 Å². The van der Waals surface area contributed by atoms with Gasteiger partial charge in [-0.25, -0.2) is 4.99 Å². The first-order valence-corrected chi connectivity index (χ1v) is 9.54. The fraction of sp³-hybridized carbons (Fsp3) is 0.250. The summed E-state index contributed by atoms with van der Waals surface area (Å²) in [5.74, 6) is 0.431. The van der Waals surface area contributed by atoms with Crippen molar-refractivity contribution >= 4 is 40.1 Å². The first-order chi connectivity index (χ1) is 13.1. The molecule has 3 rings (SSSR count). The van der Waals surface area contributed by atoms with Gasteiger partial charge in [-0.2, -0.15) is 0 Å². The Labute approximate surface area is 162 Å². The van der Waals surface area contributed by atoms with Crippen LogP contribution in [0, 0.1) is 0 Å². The Balaban J connectivity index is 1.66. The largest absolute Gasteiger partial charge is 0.497 e. The number of carbonyl (C=O) groups excluding carboxylic acids is 2. The summed E-state index contributed by atoms with van der Waals surface area (Å²) >= 11 is 1.34. The Morgan fingerprint density at radius 1 is 1.19 bits per heavy atom. The number of carbonyl (C=O) groups is 2. The number of ether oxygens (including phenoxy) is 1. The predicted octanol–water partition coefficient (Wildman–Crippen LogP) is 3.68. The zero-order valence-corrected chi connectivity index (χ0v) is 16.0. The Kier molecular flexibility index (Phi) is 6.13. The van der Waals surface area contributed by atoms with E-state index in [0.717, 1.165) is 11.4 Å². The van der Waals surface area contributed by atoms with Crippen LogP contribution in [0.2, 0.25) is 0 Å². The lowest BCUT2D eigenvalue weighted by Crippen LogP contribution is -2.33. The molecule has 1 saturated heterocycles. The van der Waals surface area contributed by atoms with Gasteiger partial charge in [0.1, 0.15) is 11.0 Å². The van der Waals surface area contributed by atoms with Gasteiger partial charge in [-0.15, -0.1) is 0 Å². The summed E-state index contributed by atoms with van der Waals surface area (Å²) in [6, 6.07) is 16.6. The molecule has 0 unspecified atom stereocenters. The summed E-state index contributed by atoms with van der Waals surface area (Å²) in [4.78, 5) is 31.2. The van der Waals surface area contributed by atoms with Crippen LogP contribution in [0.5, 0.6) is 5.75 Å². The normalized spacial score (nSPS) is 18.0. The van der Waals surface area contributed by atoms with Gasteiger partial charge in [0.15, 0.2) is 5.17 Å². The van der Waals surface area contributed by atoms with E-state index in [1.54, 1.807) is 36.3 Å². The molecule has 0 saturated carbocycles. The minimum absolute atomic E-state index is 0.0814. The molecule has 1 aliphatic heterocycles. The van der Waals surface area contributed by atoms with Crippen molar-refractivity contribution in [3.8, 4) is 5.75 Å². The highest BCUT2D eigenvalue weighted by Gasteiger charge is 2.38. The van der Waals surface area contributed by atoms with Gasteiger partial charge in [0, 0.05) is 18.7 Å². The van der Waals surface area contributed by atoms with E-state index in [-0.39, 0.29) is 18.2 Å². The maximum Gasteiger partial charge on any atom is 0.242 e. The van der Waals surface area contributed by atoms with E-state index in [9.17, 15) is 9.59 Å². The molecule has 1 heterocycles. The predicted molar refractivity (Wildman–Crippen MR) is 109 cm³/mol. The molecule has 2 aromatic carbocycles. The van der Waals surface area contributed by atoms with Crippen LogP contribution in [0.15, 0.2) is 59.6 Å². The molecule has 0 aromatic heterocycles. The van der Waals surface area contributed by atoms with Gasteiger partial charge in [-0.3, -0.25) is 14.5 Å². The van der Waals surface area contributed by atoms with Crippen molar-refractivity contribution < 1.29 is 14.3 Å². The Morgan fingerprint density at radius 3 is 2.52 bits per heavy atom. The minimum Gasteiger partial charge on any atom is -0.497 e. The fourth-order valence-corrected chi connectivity index (χ4v) is 3.91. The molecule has 1 atom stereocenters. The quantitative estimate of drug-likeness (QED) is 0.826. The number of thioether (sulfide) groups is 1. The van der Waals surface area contributed by atoms with Crippen molar-refractivity contribution in [3.63, 3.8) is 0 Å². The first kappa shape index (κ1) is 19.0. The van der Waals surface area contributed by atoms with Crippen LogP contribution in [0.4, 0.5) is 11.4 Å². The van der Waals surface area contributed by atoms with E-state index >= 15 is 0 Å². The molecule has 7 heteroatoms. The molecule has 27 heavy (non-hydrogen) atoms. The number of anilines is 1. The van der Waals surface area contributed by atoms with Gasteiger partial charge in [0.05, 0.1) is 12.8 Å². The number of benzene rings is 2. The number of nitrogens with one attached hydrogen (secondary N) is 1. The Hall–Kier alpha value is -2.80. The number of para-hydroxylation sites is 1. The van der Waals surface area contributed by atoms with Crippen LogP contribution in [-0.4, -0.2) is 40.8 Å². The summed E-state index contributed by atoms with van der Waals surface area (Å²) in [7, 11) is 1.59. The average Bonchev–Trinajstić information content (AvgIpc) is 2.97. The molecule has 2 amide bonds. The molecule has 1 fully saturated rings. The molecule has 0 radical (unpaired) electrons. The van der Waals surface area contributed by atoms with E-state index in [1.165, 1.54) is 11.8 Å². The highest BCUT2D eigenvalue weighted by Crippen LogP contribution is 2.31. The van der Waals surface area contributed by atoms with Crippen molar-refractivity contribution in [1.82, 2.24) is 4.90 Å². The number of amidine groups is 1. The van der Waals surface area contributed by atoms with Crippen LogP contribution < -0.4 is 10.1 Å². The summed E-state index contributed by atoms with van der Waals surface area (Å²) in [6.07, 6.45) is 0.0971. The topological polar surface area (TPSA) is 71.0 Å². The third kappa shape index (κ3) is 4.68. The summed E-state index contributed by atoms with van der Waals surface area (Å²) in [6.45, 7) is 2.42. The van der Waals surface area contributed by atoms with Gasteiger partial charge in [-0.05, 0) is 43.3 Å². The third-order valence-electron chi connectivity index (χ3n) is 4.06. The molecule has 0 aliphatic carbocycles. The third-order valence-corrected chi connectivity index (χ3v) is 5.24. The zero-order chi connectivity index (χ0) is 19.2. The number of aliphatic imine (C=N–C) groups is 1. The van der Waals surface area contributed by atoms with Crippen molar-refractivity contribution in [2.75, 3.05) is 19.0 Å². The molecular weight excluding hydrogens is 362 g/mol. The highest BCUT2D eigenvalue weighted by atomic mass is 32.2. The molecular formula is C20H21N3O3S. The molecule has 140 valence electrons. The number of hydrogen-bond donors (Lipinski definition) is 1. The lowest BCUT2D eigenvalue weighted by molar-refractivity contribution is -0.128. The maximum absolute atomic E-state index is 12.6. The highest BCUT2D eigenvalue weighted by molar-refractivity contribution is 8.15. The van der Waals surface area contributed by atoms with E-state index in [2.05, 4.69) is 10.3 Å². The van der Waals surface area contributed by atoms with Gasteiger partial charge in [0.25, 0.3) is 0 Å². The van der Waals surface area contributed by atoms with Gasteiger partial charge >= 0.3 is 0 Å². The number of amides is 2. The van der Waals surface area contributed by atoms with Crippen molar-refractivity contribution in [3.05, 3.63) is 54.6 Å². The van der Waals surface area contributed by atoms with E-state index < -0.39 is 5.25 Å². The molecule has 1 aliphatic rings. The van der Waals surface area contributed by atoms with Crippen LogP contribution in [0.1, 0.15) is 13.3 Å². The average molecular weight is 383 g/mol. The van der Waals surface area contributed by atoms with Crippen LogP contribution in [0.25, 0.3) is 0 Å². The monoisotopic (exact) mass is 383 g/mol. The lowest BCUT2D eigenvalue weighted by Gasteiger charge is -2.13.